The third-order valence-electron chi connectivity index (χ3n) is 29.6. The molecule has 0 saturated carbocycles. The van der Waals surface area contributed by atoms with Crippen molar-refractivity contribution >= 4 is 243 Å². The first kappa shape index (κ1) is 87.5. The van der Waals surface area contributed by atoms with Crippen molar-refractivity contribution in [2.75, 3.05) is 0 Å². The SMILES string of the molecule is c1ccc2c(c1)nc1n2-c2ccc(-c3ccc4oc5ccccc5c4c3)cc2CS1.c1ccc2c(c1)nc1n2-c2ccc(-c3ccc4sc5ccccc5c4c3)cc2CS1.c1ccc2c(c1)nc1n2-c2ccc(-c3cccc4c3oc3ccccc34)cc2CS1.c1ccc2c(c1)nc1n2-c2ccc(-c3cccc4oc5ccccc5c34)cc2CS1.c1ccc2c(c1)nc1n2-c2ccc(-c3cccc4sc5ccccc5c34)cc2CS1. The number of aromatic nitrogens is 10. The smallest absolute Gasteiger partial charge is 0.174 e. The van der Waals surface area contributed by atoms with Gasteiger partial charge in [-0.3, -0.25) is 22.8 Å². The van der Waals surface area contributed by atoms with E-state index in [1.807, 2.05) is 101 Å². The van der Waals surface area contributed by atoms with Gasteiger partial charge in [-0.15, -0.1) is 22.7 Å². The minimum atomic E-state index is 0.919. The molecule has 0 spiro atoms. The van der Waals surface area contributed by atoms with E-state index in [9.17, 15) is 0 Å². The summed E-state index contributed by atoms with van der Waals surface area (Å²) in [5, 5.41) is 17.8. The number of hydrogen-bond acceptors (Lipinski definition) is 15. The van der Waals surface area contributed by atoms with Gasteiger partial charge in [0.2, 0.25) is 0 Å². The number of nitrogens with zero attached hydrogens (tertiary/aromatic N) is 10. The van der Waals surface area contributed by atoms with Gasteiger partial charge in [-0.05, 0) is 266 Å². The summed E-state index contributed by atoms with van der Waals surface area (Å²) in [5.41, 5.74) is 42.0. The molecule has 10 aromatic heterocycles. The highest BCUT2D eigenvalue weighted by Gasteiger charge is 2.30. The van der Waals surface area contributed by atoms with Crippen LogP contribution in [0.25, 0.3) is 245 Å². The molecule has 0 bridgehead atoms. The summed E-state index contributed by atoms with van der Waals surface area (Å²) in [6.07, 6.45) is 0. The molecular weight excluding hydrogens is 1970 g/mol. The predicted octanol–water partition coefficient (Wildman–Crippen LogP) is 36.9. The van der Waals surface area contributed by atoms with Crippen LogP contribution in [0.3, 0.4) is 0 Å². The Kier molecular flexibility index (Phi) is 20.8. The molecule has 710 valence electrons. The maximum absolute atomic E-state index is 6.26. The van der Waals surface area contributed by atoms with E-state index in [-0.39, 0.29) is 0 Å². The van der Waals surface area contributed by atoms with Crippen LogP contribution in [0.1, 0.15) is 27.8 Å². The van der Waals surface area contributed by atoms with Crippen LogP contribution >= 0.6 is 81.5 Å². The second-order valence-corrected chi connectivity index (χ2v) is 45.1. The van der Waals surface area contributed by atoms with E-state index in [1.54, 1.807) is 35.3 Å². The Labute approximate surface area is 887 Å². The van der Waals surface area contributed by atoms with Gasteiger partial charge in [0.1, 0.15) is 33.5 Å². The Balaban J connectivity index is 0.0000000844. The van der Waals surface area contributed by atoms with Gasteiger partial charge in [-0.25, -0.2) is 24.9 Å². The van der Waals surface area contributed by atoms with Crippen molar-refractivity contribution in [1.82, 2.24) is 47.8 Å². The monoisotopic (exact) mass is 2050 g/mol. The van der Waals surface area contributed by atoms with Gasteiger partial charge in [0.05, 0.1) is 83.6 Å². The van der Waals surface area contributed by atoms with Crippen LogP contribution in [0.15, 0.2) is 464 Å². The number of thioether (sulfide) groups is 5. The molecule has 0 saturated heterocycles. The van der Waals surface area contributed by atoms with Gasteiger partial charge >= 0.3 is 0 Å². The Morgan fingerprint density at radius 2 is 0.480 bits per heavy atom. The molecule has 0 atom stereocenters. The molecule has 20 aromatic carbocycles. The first-order chi connectivity index (χ1) is 74.3. The number of para-hydroxylation sites is 14. The summed E-state index contributed by atoms with van der Waals surface area (Å²) in [6.45, 7) is 0. The van der Waals surface area contributed by atoms with Crippen LogP contribution in [0, 0.1) is 0 Å². The van der Waals surface area contributed by atoms with Gasteiger partial charge in [0.15, 0.2) is 25.8 Å². The second kappa shape index (κ2) is 35.6. The lowest BCUT2D eigenvalue weighted by atomic mass is 9.97. The second-order valence-electron chi connectivity index (χ2n) is 38.2. The van der Waals surface area contributed by atoms with Crippen molar-refractivity contribution in [3.05, 3.63) is 452 Å². The topological polar surface area (TPSA) is 129 Å². The lowest BCUT2D eigenvalue weighted by Gasteiger charge is -2.20. The summed E-state index contributed by atoms with van der Waals surface area (Å²) in [7, 11) is 0. The van der Waals surface area contributed by atoms with Crippen LogP contribution in [-0.2, 0) is 28.8 Å². The van der Waals surface area contributed by atoms with Crippen LogP contribution in [0.5, 0.6) is 0 Å². The average Bonchev–Trinajstić information content (AvgIpc) is 1.59. The average molecular weight is 2050 g/mol. The van der Waals surface area contributed by atoms with Crippen molar-refractivity contribution < 1.29 is 13.3 Å². The Hall–Kier alpha value is -16.7. The van der Waals surface area contributed by atoms with E-state index >= 15 is 0 Å². The third-order valence-corrected chi connectivity index (χ3v) is 36.8. The van der Waals surface area contributed by atoms with E-state index in [0.717, 1.165) is 159 Å². The first-order valence-corrected chi connectivity index (χ1v) is 56.6. The fourth-order valence-electron chi connectivity index (χ4n) is 22.7. The molecular formula is C130H80N10O3S7. The zero-order valence-corrected chi connectivity index (χ0v) is 85.7. The molecule has 13 nitrogen and oxygen atoms in total. The minimum Gasteiger partial charge on any atom is -0.456 e. The molecule has 0 aliphatic carbocycles. The minimum absolute atomic E-state index is 0.919. The zero-order chi connectivity index (χ0) is 98.3. The summed E-state index contributed by atoms with van der Waals surface area (Å²) >= 11 is 12.8. The molecule has 35 rings (SSSR count). The van der Waals surface area contributed by atoms with Crippen LogP contribution in [0.4, 0.5) is 0 Å². The molecule has 150 heavy (non-hydrogen) atoms. The van der Waals surface area contributed by atoms with Crippen molar-refractivity contribution in [1.29, 1.82) is 0 Å². The number of imidazole rings is 5. The fourth-order valence-corrected chi connectivity index (χ4v) is 29.9. The molecule has 0 radical (unpaired) electrons. The molecule has 15 heterocycles. The largest absolute Gasteiger partial charge is 0.456 e. The Morgan fingerprint density at radius 1 is 0.187 bits per heavy atom. The maximum atomic E-state index is 6.26. The first-order valence-electron chi connectivity index (χ1n) is 50.0. The van der Waals surface area contributed by atoms with Crippen LogP contribution in [0.2, 0.25) is 0 Å². The molecule has 5 aliphatic rings. The quantitative estimate of drug-likeness (QED) is 0.162. The lowest BCUT2D eigenvalue weighted by Crippen LogP contribution is -2.05. The van der Waals surface area contributed by atoms with E-state index < -0.39 is 0 Å². The summed E-state index contributed by atoms with van der Waals surface area (Å²) in [4.78, 5) is 24.1. The summed E-state index contributed by atoms with van der Waals surface area (Å²) in [5.74, 6) is 4.68. The van der Waals surface area contributed by atoms with E-state index in [0.29, 0.717) is 0 Å². The molecule has 0 N–H and O–H groups in total. The highest BCUT2D eigenvalue weighted by Crippen LogP contribution is 2.51. The summed E-state index contributed by atoms with van der Waals surface area (Å²) in [6, 6.07) is 151. The highest BCUT2D eigenvalue weighted by atomic mass is 32.2. The molecule has 5 aliphatic heterocycles. The van der Waals surface area contributed by atoms with Gasteiger partial charge in [-0.2, -0.15) is 0 Å². The van der Waals surface area contributed by atoms with E-state index in [2.05, 4.69) is 393 Å². The third kappa shape index (κ3) is 14.6. The number of rotatable bonds is 5. The number of benzene rings is 20. The number of hydrogen-bond donors (Lipinski definition) is 0. The van der Waals surface area contributed by atoms with Crippen LogP contribution in [-0.4, -0.2) is 47.8 Å². The maximum Gasteiger partial charge on any atom is 0.174 e. The molecule has 0 unspecified atom stereocenters. The van der Waals surface area contributed by atoms with E-state index in [4.69, 9.17) is 38.2 Å². The van der Waals surface area contributed by atoms with Crippen molar-refractivity contribution in [3.8, 4) is 84.1 Å². The highest BCUT2D eigenvalue weighted by molar-refractivity contribution is 7.99. The predicted molar refractivity (Wildman–Crippen MR) is 628 cm³/mol. The van der Waals surface area contributed by atoms with E-state index in [1.165, 1.54) is 169 Å². The molecule has 0 fully saturated rings. The van der Waals surface area contributed by atoms with Crippen molar-refractivity contribution in [2.45, 2.75) is 54.5 Å². The summed E-state index contributed by atoms with van der Waals surface area (Å²) < 4.78 is 35.2. The number of furan rings is 3. The normalized spacial score (nSPS) is 13.1. The van der Waals surface area contributed by atoms with Crippen LogP contribution < -0.4 is 0 Å². The standard InChI is InChI=1S/3C26H16N2OS.2C26H16N2S2/c1-4-11-24-19(6-1)20-8-5-7-18(25(20)29-24)16-12-13-22-17(14-16)15-30-26-27-21-9-2-3-10-23(21)28(22)26;1-4-10-23-19(6-1)25-18(7-5-11-24(25)29-23)16-12-13-21-17(14-16)15-30-26-27-20-8-2-3-9-22(20)28(21)26;1-4-8-24-19(5-1)20-14-17(10-12-25(20)29-24)16-9-11-22-18(13-16)15-30-26-27-21-6-2-3-7-23(21)28(22)26;1-4-10-23-19(6-1)25-18(7-5-11-24(25)30-23)16-12-13-21-17(14-16)15-29-26-27-20-8-2-3-9-22(20)28(21)26;1-4-8-24-19(5-1)20-14-17(10-12-25(20)30-24)16-9-11-22-18(13-16)15-29-26-27-21-6-2-3-7-23(21)28(22)26/h5*1-14H,15H2. The zero-order valence-electron chi connectivity index (χ0n) is 80.0. The van der Waals surface area contributed by atoms with Crippen molar-refractivity contribution in [3.63, 3.8) is 0 Å². The molecule has 30 aromatic rings. The Morgan fingerprint density at radius 3 is 0.967 bits per heavy atom. The Bertz CT molecular complexity index is 10400. The number of thiophene rings is 2. The van der Waals surface area contributed by atoms with Gasteiger partial charge < -0.3 is 13.3 Å². The molecule has 0 amide bonds. The number of fused-ring (bicyclic) bond motifs is 40. The van der Waals surface area contributed by atoms with Gasteiger partial charge in [-0.1, -0.05) is 295 Å². The fraction of sp³-hybridized carbons (Fsp3) is 0.0385. The van der Waals surface area contributed by atoms with Gasteiger partial charge in [0, 0.05) is 107 Å². The molecule has 20 heteroatoms. The van der Waals surface area contributed by atoms with Crippen molar-refractivity contribution in [2.24, 2.45) is 0 Å². The van der Waals surface area contributed by atoms with Gasteiger partial charge in [0.25, 0.3) is 0 Å². The lowest BCUT2D eigenvalue weighted by molar-refractivity contribution is 0.668.